The Morgan fingerprint density at radius 3 is 2.33 bits per heavy atom. The van der Waals surface area contributed by atoms with Gasteiger partial charge in [-0.3, -0.25) is 0 Å². The van der Waals surface area contributed by atoms with Crippen molar-refractivity contribution < 1.29 is 12.8 Å². The Kier molecular flexibility index (Phi) is 3.21. The van der Waals surface area contributed by atoms with E-state index in [9.17, 15) is 8.42 Å². The summed E-state index contributed by atoms with van der Waals surface area (Å²) in [6.45, 7) is 5.26. The highest BCUT2D eigenvalue weighted by molar-refractivity contribution is 8.13. The Labute approximate surface area is 110 Å². The quantitative estimate of drug-likeness (QED) is 0.795. The summed E-state index contributed by atoms with van der Waals surface area (Å²) < 4.78 is 27.9. The van der Waals surface area contributed by atoms with Crippen LogP contribution >= 0.6 is 10.7 Å². The highest BCUT2D eigenvalue weighted by Gasteiger charge is 2.17. The van der Waals surface area contributed by atoms with Crippen LogP contribution in [-0.2, 0) is 9.05 Å². The Hall–Kier alpha value is -1.33. The smallest absolute Gasteiger partial charge is 0.261 e. The van der Waals surface area contributed by atoms with Crippen molar-refractivity contribution >= 4 is 19.7 Å². The van der Waals surface area contributed by atoms with Crippen molar-refractivity contribution in [2.24, 2.45) is 0 Å². The molecule has 1 aromatic carbocycles. The van der Waals surface area contributed by atoms with Gasteiger partial charge in [0.05, 0.1) is 4.90 Å². The van der Waals surface area contributed by atoms with Gasteiger partial charge in [-0.1, -0.05) is 0 Å². The number of oxazole rings is 1. The lowest BCUT2D eigenvalue weighted by atomic mass is 10.0. The minimum atomic E-state index is -3.72. The molecule has 0 N–H and O–H groups in total. The van der Waals surface area contributed by atoms with Crippen LogP contribution in [0.1, 0.15) is 17.0 Å². The topological polar surface area (TPSA) is 60.2 Å². The van der Waals surface area contributed by atoms with E-state index in [1.807, 2.05) is 6.92 Å². The summed E-state index contributed by atoms with van der Waals surface area (Å²) in [7, 11) is 1.65. The number of nitrogens with zero attached hydrogens (tertiary/aromatic N) is 1. The molecule has 0 fully saturated rings. The number of aryl methyl sites for hydroxylation is 3. The van der Waals surface area contributed by atoms with E-state index in [1.165, 1.54) is 0 Å². The summed E-state index contributed by atoms with van der Waals surface area (Å²) in [5.41, 5.74) is 2.90. The standard InChI is InChI=1S/C12H12ClNO3S/c1-7-5-12(18(13,15)16)8(2)4-10(7)11-6-17-9(3)14-11/h4-6H,1-3H3. The molecule has 1 heterocycles. The second-order valence-corrected chi connectivity index (χ2v) is 6.66. The highest BCUT2D eigenvalue weighted by atomic mass is 35.7. The van der Waals surface area contributed by atoms with Crippen molar-refractivity contribution in [3.05, 3.63) is 35.4 Å². The van der Waals surface area contributed by atoms with Crippen LogP contribution in [0.25, 0.3) is 11.3 Å². The first-order chi connectivity index (χ1) is 8.29. The zero-order valence-electron chi connectivity index (χ0n) is 10.2. The lowest BCUT2D eigenvalue weighted by Crippen LogP contribution is -1.97. The number of hydrogen-bond acceptors (Lipinski definition) is 4. The number of halogens is 1. The molecule has 0 aliphatic rings. The third-order valence-electron chi connectivity index (χ3n) is 2.68. The minimum absolute atomic E-state index is 0.130. The molecule has 4 nitrogen and oxygen atoms in total. The molecule has 0 amide bonds. The van der Waals surface area contributed by atoms with E-state index in [-0.39, 0.29) is 4.90 Å². The van der Waals surface area contributed by atoms with Gasteiger partial charge in [-0.05, 0) is 37.1 Å². The molecule has 2 aromatic rings. The van der Waals surface area contributed by atoms with Crippen LogP contribution in [0.5, 0.6) is 0 Å². The molecule has 1 aromatic heterocycles. The fourth-order valence-corrected chi connectivity index (χ4v) is 3.08. The first-order valence-corrected chi connectivity index (χ1v) is 7.58. The molecule has 6 heteroatoms. The Balaban J connectivity index is 2.64. The van der Waals surface area contributed by atoms with Gasteiger partial charge in [0, 0.05) is 23.2 Å². The third kappa shape index (κ3) is 2.42. The second kappa shape index (κ2) is 4.40. The predicted octanol–water partition coefficient (Wildman–Crippen LogP) is 3.19. The number of benzene rings is 1. The van der Waals surface area contributed by atoms with E-state index in [0.717, 1.165) is 11.1 Å². The first-order valence-electron chi connectivity index (χ1n) is 5.27. The number of rotatable bonds is 2. The maximum Gasteiger partial charge on any atom is 0.261 e. The van der Waals surface area contributed by atoms with Crippen molar-refractivity contribution in [3.8, 4) is 11.3 Å². The first kappa shape index (κ1) is 13.1. The van der Waals surface area contributed by atoms with Crippen LogP contribution in [0, 0.1) is 20.8 Å². The van der Waals surface area contributed by atoms with Gasteiger partial charge in [0.25, 0.3) is 9.05 Å². The molecule has 96 valence electrons. The van der Waals surface area contributed by atoms with Crippen LogP contribution in [0.3, 0.4) is 0 Å². The van der Waals surface area contributed by atoms with E-state index in [4.69, 9.17) is 15.1 Å². The summed E-state index contributed by atoms with van der Waals surface area (Å²) >= 11 is 0. The third-order valence-corrected chi connectivity index (χ3v) is 4.14. The average molecular weight is 286 g/mol. The van der Waals surface area contributed by atoms with E-state index in [2.05, 4.69) is 4.98 Å². The van der Waals surface area contributed by atoms with Crippen LogP contribution in [0.2, 0.25) is 0 Å². The largest absolute Gasteiger partial charge is 0.449 e. The molecular formula is C12H12ClNO3S. The maximum absolute atomic E-state index is 11.4. The summed E-state index contributed by atoms with van der Waals surface area (Å²) in [4.78, 5) is 4.36. The molecule has 0 unspecified atom stereocenters. The van der Waals surface area contributed by atoms with Gasteiger partial charge in [-0.25, -0.2) is 13.4 Å². The van der Waals surface area contributed by atoms with Gasteiger partial charge in [-0.2, -0.15) is 0 Å². The summed E-state index contributed by atoms with van der Waals surface area (Å²) in [6, 6.07) is 3.30. The number of aromatic nitrogens is 1. The molecule has 0 saturated heterocycles. The molecule has 0 spiro atoms. The van der Waals surface area contributed by atoms with Crippen molar-refractivity contribution in [2.75, 3.05) is 0 Å². The van der Waals surface area contributed by atoms with E-state index in [0.29, 0.717) is 17.1 Å². The van der Waals surface area contributed by atoms with Crippen molar-refractivity contribution in [2.45, 2.75) is 25.7 Å². The molecule has 0 atom stereocenters. The fourth-order valence-electron chi connectivity index (χ4n) is 1.82. The molecule has 0 aliphatic carbocycles. The number of hydrogen-bond donors (Lipinski definition) is 0. The van der Waals surface area contributed by atoms with Crippen molar-refractivity contribution in [1.29, 1.82) is 0 Å². The normalized spacial score (nSPS) is 11.8. The van der Waals surface area contributed by atoms with Gasteiger partial charge < -0.3 is 4.42 Å². The van der Waals surface area contributed by atoms with Crippen molar-refractivity contribution in [1.82, 2.24) is 4.98 Å². The van der Waals surface area contributed by atoms with E-state index in [1.54, 1.807) is 32.2 Å². The molecule has 2 rings (SSSR count). The zero-order chi connectivity index (χ0) is 13.5. The molecule has 0 saturated carbocycles. The lowest BCUT2D eigenvalue weighted by Gasteiger charge is -2.08. The SMILES string of the molecule is Cc1nc(-c2cc(C)c(S(=O)(=O)Cl)cc2C)co1. The fraction of sp³-hybridized carbons (Fsp3) is 0.250. The summed E-state index contributed by atoms with van der Waals surface area (Å²) in [6.07, 6.45) is 1.55. The van der Waals surface area contributed by atoms with Gasteiger partial charge in [0.15, 0.2) is 5.89 Å². The van der Waals surface area contributed by atoms with Crippen molar-refractivity contribution in [3.63, 3.8) is 0 Å². The van der Waals surface area contributed by atoms with Gasteiger partial charge in [0.2, 0.25) is 0 Å². The Bertz CT molecular complexity index is 704. The molecule has 18 heavy (non-hydrogen) atoms. The van der Waals surface area contributed by atoms with Gasteiger partial charge in [0.1, 0.15) is 12.0 Å². The van der Waals surface area contributed by atoms with Gasteiger partial charge in [-0.15, -0.1) is 0 Å². The monoisotopic (exact) mass is 285 g/mol. The predicted molar refractivity (Wildman–Crippen MR) is 69.2 cm³/mol. The molecule has 0 aliphatic heterocycles. The van der Waals surface area contributed by atoms with E-state index < -0.39 is 9.05 Å². The zero-order valence-corrected chi connectivity index (χ0v) is 11.8. The van der Waals surface area contributed by atoms with Crippen LogP contribution in [-0.4, -0.2) is 13.4 Å². The van der Waals surface area contributed by atoms with E-state index >= 15 is 0 Å². The molecular weight excluding hydrogens is 274 g/mol. The summed E-state index contributed by atoms with van der Waals surface area (Å²) in [5.74, 6) is 0.566. The molecule has 0 radical (unpaired) electrons. The maximum atomic E-state index is 11.4. The average Bonchev–Trinajstić information content (AvgIpc) is 2.66. The Morgan fingerprint density at radius 1 is 1.17 bits per heavy atom. The second-order valence-electron chi connectivity index (χ2n) is 4.12. The van der Waals surface area contributed by atoms with Crippen LogP contribution in [0.15, 0.2) is 27.7 Å². The Morgan fingerprint density at radius 2 is 1.83 bits per heavy atom. The summed E-state index contributed by atoms with van der Waals surface area (Å²) in [5, 5.41) is 0. The molecule has 0 bridgehead atoms. The minimum Gasteiger partial charge on any atom is -0.449 e. The lowest BCUT2D eigenvalue weighted by molar-refractivity contribution is 0.521. The van der Waals surface area contributed by atoms with Crippen LogP contribution < -0.4 is 0 Å². The highest BCUT2D eigenvalue weighted by Crippen LogP contribution is 2.29. The van der Waals surface area contributed by atoms with Gasteiger partial charge >= 0.3 is 0 Å². The van der Waals surface area contributed by atoms with Crippen LogP contribution in [0.4, 0.5) is 0 Å².